The highest BCUT2D eigenvalue weighted by Crippen LogP contribution is 2.11. The maximum Gasteiger partial charge on any atom is 0.269 e. The highest BCUT2D eigenvalue weighted by molar-refractivity contribution is 9.10. The molecule has 4 nitrogen and oxygen atoms in total. The average molecular weight is 308 g/mol. The van der Waals surface area contributed by atoms with E-state index in [0.717, 1.165) is 15.7 Å². The van der Waals surface area contributed by atoms with Crippen LogP contribution in [0.1, 0.15) is 21.7 Å². The van der Waals surface area contributed by atoms with E-state index in [-0.39, 0.29) is 5.91 Å². The van der Waals surface area contributed by atoms with Gasteiger partial charge in [-0.3, -0.25) is 9.48 Å². The first-order chi connectivity index (χ1) is 8.56. The minimum absolute atomic E-state index is 0.113. The Kier molecular flexibility index (Phi) is 3.81. The second-order valence-electron chi connectivity index (χ2n) is 4.11. The molecule has 2 rings (SSSR count). The van der Waals surface area contributed by atoms with Crippen molar-refractivity contribution in [2.45, 2.75) is 13.5 Å². The summed E-state index contributed by atoms with van der Waals surface area (Å²) < 4.78 is 2.59. The van der Waals surface area contributed by atoms with Gasteiger partial charge >= 0.3 is 0 Å². The number of hydrogen-bond donors (Lipinski definition) is 1. The number of benzene rings is 1. The summed E-state index contributed by atoms with van der Waals surface area (Å²) in [6.07, 6.45) is 0. The number of rotatable bonds is 3. The third-order valence-corrected chi connectivity index (χ3v) is 3.07. The van der Waals surface area contributed by atoms with E-state index in [0.29, 0.717) is 12.2 Å². The summed E-state index contributed by atoms with van der Waals surface area (Å²) in [6, 6.07) is 9.63. The van der Waals surface area contributed by atoms with Crippen molar-refractivity contribution in [2.24, 2.45) is 7.05 Å². The molecule has 2 aromatic rings. The van der Waals surface area contributed by atoms with E-state index >= 15 is 0 Å². The topological polar surface area (TPSA) is 46.9 Å². The Bertz CT molecular complexity index is 577. The lowest BCUT2D eigenvalue weighted by Crippen LogP contribution is -2.25. The van der Waals surface area contributed by atoms with Gasteiger partial charge in [0.1, 0.15) is 5.69 Å². The Morgan fingerprint density at radius 3 is 2.83 bits per heavy atom. The molecule has 18 heavy (non-hydrogen) atoms. The molecule has 0 atom stereocenters. The molecule has 0 fully saturated rings. The molecular formula is C13H14BrN3O. The Morgan fingerprint density at radius 1 is 1.44 bits per heavy atom. The van der Waals surface area contributed by atoms with Crippen molar-refractivity contribution in [1.82, 2.24) is 15.1 Å². The molecule has 0 radical (unpaired) electrons. The van der Waals surface area contributed by atoms with Gasteiger partial charge in [-0.1, -0.05) is 28.1 Å². The molecule has 1 aromatic heterocycles. The van der Waals surface area contributed by atoms with Gasteiger partial charge in [-0.25, -0.2) is 0 Å². The fourth-order valence-electron chi connectivity index (χ4n) is 1.74. The van der Waals surface area contributed by atoms with Gasteiger partial charge in [0.25, 0.3) is 5.91 Å². The van der Waals surface area contributed by atoms with Gasteiger partial charge in [0.05, 0.1) is 5.69 Å². The lowest BCUT2D eigenvalue weighted by Gasteiger charge is -2.05. The fraction of sp³-hybridized carbons (Fsp3) is 0.231. The Balaban J connectivity index is 2.03. The van der Waals surface area contributed by atoms with E-state index in [1.54, 1.807) is 17.8 Å². The van der Waals surface area contributed by atoms with Crippen LogP contribution in [0, 0.1) is 6.92 Å². The molecule has 0 bridgehead atoms. The number of hydrogen-bond acceptors (Lipinski definition) is 2. The molecule has 0 spiro atoms. The summed E-state index contributed by atoms with van der Waals surface area (Å²) in [5, 5.41) is 7.03. The zero-order chi connectivity index (χ0) is 13.1. The lowest BCUT2D eigenvalue weighted by molar-refractivity contribution is 0.0941. The van der Waals surface area contributed by atoms with E-state index in [1.165, 1.54) is 0 Å². The molecule has 0 aliphatic rings. The SMILES string of the molecule is Cc1cc(C(=O)NCc2cccc(Br)c2)n(C)n1. The van der Waals surface area contributed by atoms with Crippen LogP contribution in [0.15, 0.2) is 34.8 Å². The van der Waals surface area contributed by atoms with Crippen LogP contribution in [0.5, 0.6) is 0 Å². The number of nitrogens with one attached hydrogen (secondary N) is 1. The van der Waals surface area contributed by atoms with Crippen molar-refractivity contribution in [3.05, 3.63) is 51.8 Å². The molecule has 1 heterocycles. The average Bonchev–Trinajstić information content (AvgIpc) is 2.66. The van der Waals surface area contributed by atoms with Crippen LogP contribution >= 0.6 is 15.9 Å². The van der Waals surface area contributed by atoms with Crippen molar-refractivity contribution >= 4 is 21.8 Å². The summed E-state index contributed by atoms with van der Waals surface area (Å²) in [5.74, 6) is -0.113. The molecule has 0 aliphatic heterocycles. The zero-order valence-corrected chi connectivity index (χ0v) is 11.9. The standard InChI is InChI=1S/C13H14BrN3O/c1-9-6-12(17(2)16-9)13(18)15-8-10-4-3-5-11(14)7-10/h3-7H,8H2,1-2H3,(H,15,18). The maximum atomic E-state index is 12.0. The van der Waals surface area contributed by atoms with Gasteiger partial charge < -0.3 is 5.32 Å². The van der Waals surface area contributed by atoms with Crippen LogP contribution in [0.25, 0.3) is 0 Å². The summed E-state index contributed by atoms with van der Waals surface area (Å²) in [4.78, 5) is 12.0. The Morgan fingerprint density at radius 2 is 2.22 bits per heavy atom. The van der Waals surface area contributed by atoms with Crippen molar-refractivity contribution in [3.63, 3.8) is 0 Å². The molecule has 1 amide bonds. The fourth-order valence-corrected chi connectivity index (χ4v) is 2.19. The van der Waals surface area contributed by atoms with Crippen LogP contribution < -0.4 is 5.32 Å². The molecule has 94 valence electrons. The van der Waals surface area contributed by atoms with E-state index in [1.807, 2.05) is 31.2 Å². The summed E-state index contributed by atoms with van der Waals surface area (Å²) >= 11 is 3.40. The summed E-state index contributed by atoms with van der Waals surface area (Å²) in [7, 11) is 1.76. The molecule has 0 unspecified atom stereocenters. The summed E-state index contributed by atoms with van der Waals surface area (Å²) in [5.41, 5.74) is 2.46. The van der Waals surface area contributed by atoms with Gasteiger partial charge in [0, 0.05) is 18.1 Å². The van der Waals surface area contributed by atoms with Crippen LogP contribution in [0.2, 0.25) is 0 Å². The predicted molar refractivity (Wildman–Crippen MR) is 73.3 cm³/mol. The third-order valence-electron chi connectivity index (χ3n) is 2.58. The Labute approximate surface area is 114 Å². The van der Waals surface area contributed by atoms with Gasteiger partial charge in [-0.15, -0.1) is 0 Å². The van der Waals surface area contributed by atoms with E-state index in [9.17, 15) is 4.79 Å². The third kappa shape index (κ3) is 2.98. The van der Waals surface area contributed by atoms with E-state index < -0.39 is 0 Å². The van der Waals surface area contributed by atoms with Crippen molar-refractivity contribution < 1.29 is 4.79 Å². The highest BCUT2D eigenvalue weighted by atomic mass is 79.9. The zero-order valence-electron chi connectivity index (χ0n) is 10.3. The van der Waals surface area contributed by atoms with Crippen molar-refractivity contribution in [1.29, 1.82) is 0 Å². The summed E-state index contributed by atoms with van der Waals surface area (Å²) in [6.45, 7) is 2.37. The first-order valence-corrected chi connectivity index (χ1v) is 6.39. The van der Waals surface area contributed by atoms with Crippen molar-refractivity contribution in [3.8, 4) is 0 Å². The smallest absolute Gasteiger partial charge is 0.269 e. The van der Waals surface area contributed by atoms with Crippen LogP contribution in [-0.2, 0) is 13.6 Å². The maximum absolute atomic E-state index is 12.0. The van der Waals surface area contributed by atoms with Gasteiger partial charge in [0.2, 0.25) is 0 Å². The molecule has 0 saturated heterocycles. The molecule has 1 aromatic carbocycles. The quantitative estimate of drug-likeness (QED) is 0.946. The van der Waals surface area contributed by atoms with Gasteiger partial charge in [-0.05, 0) is 30.7 Å². The van der Waals surface area contributed by atoms with Crippen LogP contribution in [0.3, 0.4) is 0 Å². The molecule has 0 saturated carbocycles. The Hall–Kier alpha value is -1.62. The number of halogens is 1. The predicted octanol–water partition coefficient (Wildman–Crippen LogP) is 2.42. The molecule has 0 aliphatic carbocycles. The number of carbonyl (C=O) groups is 1. The first kappa shape index (κ1) is 12.8. The number of aryl methyl sites for hydroxylation is 2. The second-order valence-corrected chi connectivity index (χ2v) is 5.02. The van der Waals surface area contributed by atoms with E-state index in [4.69, 9.17) is 0 Å². The number of amides is 1. The number of carbonyl (C=O) groups excluding carboxylic acids is 1. The van der Waals surface area contributed by atoms with E-state index in [2.05, 4.69) is 26.3 Å². The molecule has 1 N–H and O–H groups in total. The number of aromatic nitrogens is 2. The normalized spacial score (nSPS) is 10.4. The second kappa shape index (κ2) is 5.35. The van der Waals surface area contributed by atoms with Gasteiger partial charge in [0.15, 0.2) is 0 Å². The van der Waals surface area contributed by atoms with Gasteiger partial charge in [-0.2, -0.15) is 5.10 Å². The minimum atomic E-state index is -0.113. The highest BCUT2D eigenvalue weighted by Gasteiger charge is 2.11. The first-order valence-electron chi connectivity index (χ1n) is 5.59. The molecule has 5 heteroatoms. The largest absolute Gasteiger partial charge is 0.347 e. The van der Waals surface area contributed by atoms with Crippen LogP contribution in [0.4, 0.5) is 0 Å². The number of nitrogens with zero attached hydrogens (tertiary/aromatic N) is 2. The lowest BCUT2D eigenvalue weighted by atomic mass is 10.2. The molecular weight excluding hydrogens is 294 g/mol. The van der Waals surface area contributed by atoms with Crippen molar-refractivity contribution in [2.75, 3.05) is 0 Å². The monoisotopic (exact) mass is 307 g/mol. The minimum Gasteiger partial charge on any atom is -0.347 e. The van der Waals surface area contributed by atoms with Crippen LogP contribution in [-0.4, -0.2) is 15.7 Å².